The molecule has 1 aromatic heterocycles. The molecule has 0 saturated carbocycles. The van der Waals surface area contributed by atoms with Crippen molar-refractivity contribution in [2.45, 2.75) is 26.8 Å². The van der Waals surface area contributed by atoms with Gasteiger partial charge in [0, 0.05) is 17.3 Å². The highest BCUT2D eigenvalue weighted by atomic mass is 16.2. The molecule has 4 heteroatoms. The number of pyridine rings is 1. The van der Waals surface area contributed by atoms with E-state index in [1.165, 1.54) is 5.57 Å². The number of rotatable bonds is 1. The molecule has 2 aromatic rings. The van der Waals surface area contributed by atoms with Crippen LogP contribution >= 0.6 is 0 Å². The lowest BCUT2D eigenvalue weighted by atomic mass is 9.79. The van der Waals surface area contributed by atoms with Crippen molar-refractivity contribution in [3.63, 3.8) is 0 Å². The zero-order chi connectivity index (χ0) is 16.0. The standard InChI is InChI=1S/C19H19N3O/c1-12-10-15(13(12)2)19(23)22-11-14-6-5-9-20-18(14)21-16-7-3-4-8-17(16)22/h3-9,12H,10-11H2,1-2H3,(H,20,21). The first-order chi connectivity index (χ1) is 11.1. The Labute approximate surface area is 135 Å². The Morgan fingerprint density at radius 2 is 2.09 bits per heavy atom. The number of allylic oxidation sites excluding steroid dienone is 1. The van der Waals surface area contributed by atoms with Crippen molar-refractivity contribution >= 4 is 23.1 Å². The normalized spacial score (nSPS) is 19.2. The summed E-state index contributed by atoms with van der Waals surface area (Å²) in [5.74, 6) is 1.46. The average Bonchev–Trinajstić information content (AvgIpc) is 2.75. The van der Waals surface area contributed by atoms with Gasteiger partial charge in [0.1, 0.15) is 5.82 Å². The number of anilines is 3. The van der Waals surface area contributed by atoms with Gasteiger partial charge in [-0.25, -0.2) is 4.98 Å². The van der Waals surface area contributed by atoms with Gasteiger partial charge in [0.05, 0.1) is 17.9 Å². The second-order valence-electron chi connectivity index (χ2n) is 6.31. The van der Waals surface area contributed by atoms with Gasteiger partial charge in [-0.05, 0) is 37.5 Å². The minimum atomic E-state index is 0.117. The van der Waals surface area contributed by atoms with Gasteiger partial charge in [0.25, 0.3) is 5.91 Å². The molecule has 1 atom stereocenters. The number of hydrogen-bond acceptors (Lipinski definition) is 3. The molecule has 1 aliphatic carbocycles. The smallest absolute Gasteiger partial charge is 0.254 e. The highest BCUT2D eigenvalue weighted by Crippen LogP contribution is 2.39. The van der Waals surface area contributed by atoms with Crippen LogP contribution in [0.3, 0.4) is 0 Å². The minimum absolute atomic E-state index is 0.117. The SMILES string of the molecule is CC1=C(C(=O)N2Cc3cccnc3Nc3ccccc32)CC1C. The van der Waals surface area contributed by atoms with Crippen LogP contribution in [-0.4, -0.2) is 10.9 Å². The fourth-order valence-electron chi connectivity index (χ4n) is 3.26. The zero-order valence-corrected chi connectivity index (χ0v) is 13.3. The molecule has 4 nitrogen and oxygen atoms in total. The van der Waals surface area contributed by atoms with E-state index in [0.717, 1.165) is 34.8 Å². The van der Waals surface area contributed by atoms with Crippen molar-refractivity contribution in [3.8, 4) is 0 Å². The largest absolute Gasteiger partial charge is 0.338 e. The number of nitrogens with zero attached hydrogens (tertiary/aromatic N) is 2. The first kappa shape index (κ1) is 14.0. The van der Waals surface area contributed by atoms with Crippen molar-refractivity contribution in [1.82, 2.24) is 4.98 Å². The van der Waals surface area contributed by atoms with Crippen LogP contribution in [0.1, 0.15) is 25.8 Å². The topological polar surface area (TPSA) is 45.2 Å². The van der Waals surface area contributed by atoms with Crippen molar-refractivity contribution < 1.29 is 4.79 Å². The van der Waals surface area contributed by atoms with Crippen molar-refractivity contribution in [2.75, 3.05) is 10.2 Å². The van der Waals surface area contributed by atoms with Crippen LogP contribution in [0.4, 0.5) is 17.2 Å². The van der Waals surface area contributed by atoms with Crippen LogP contribution in [0.15, 0.2) is 53.7 Å². The molecule has 1 amide bonds. The van der Waals surface area contributed by atoms with E-state index < -0.39 is 0 Å². The number of hydrogen-bond donors (Lipinski definition) is 1. The fourth-order valence-corrected chi connectivity index (χ4v) is 3.26. The predicted molar refractivity (Wildman–Crippen MR) is 91.6 cm³/mol. The number of aromatic nitrogens is 1. The average molecular weight is 305 g/mol. The van der Waals surface area contributed by atoms with E-state index in [4.69, 9.17) is 0 Å². The number of carbonyl (C=O) groups is 1. The lowest BCUT2D eigenvalue weighted by Gasteiger charge is -2.32. The number of amides is 1. The summed E-state index contributed by atoms with van der Waals surface area (Å²) in [7, 11) is 0. The molecule has 1 aromatic carbocycles. The lowest BCUT2D eigenvalue weighted by Crippen LogP contribution is -2.35. The molecule has 0 radical (unpaired) electrons. The molecule has 116 valence electrons. The Bertz CT molecular complexity index is 825. The molecule has 2 aliphatic rings. The molecule has 23 heavy (non-hydrogen) atoms. The first-order valence-electron chi connectivity index (χ1n) is 7.96. The molecule has 1 unspecified atom stereocenters. The summed E-state index contributed by atoms with van der Waals surface area (Å²) in [5.41, 5.74) is 5.04. The summed E-state index contributed by atoms with van der Waals surface area (Å²) >= 11 is 0. The molecule has 0 bridgehead atoms. The highest BCUT2D eigenvalue weighted by Gasteiger charge is 2.33. The van der Waals surface area contributed by atoms with Gasteiger partial charge in [-0.1, -0.05) is 30.7 Å². The van der Waals surface area contributed by atoms with Crippen LogP contribution in [0.25, 0.3) is 0 Å². The maximum absolute atomic E-state index is 13.1. The van der Waals surface area contributed by atoms with Crippen LogP contribution in [0.2, 0.25) is 0 Å². The predicted octanol–water partition coefficient (Wildman–Crippen LogP) is 4.03. The third-order valence-electron chi connectivity index (χ3n) is 4.90. The van der Waals surface area contributed by atoms with E-state index in [1.807, 2.05) is 41.3 Å². The van der Waals surface area contributed by atoms with E-state index in [0.29, 0.717) is 12.5 Å². The number of nitrogens with one attached hydrogen (secondary N) is 1. The maximum atomic E-state index is 13.1. The number of para-hydroxylation sites is 2. The van der Waals surface area contributed by atoms with E-state index >= 15 is 0 Å². The second-order valence-corrected chi connectivity index (χ2v) is 6.31. The van der Waals surface area contributed by atoms with Gasteiger partial charge in [0.15, 0.2) is 0 Å². The number of carbonyl (C=O) groups excluding carboxylic acids is 1. The highest BCUT2D eigenvalue weighted by molar-refractivity contribution is 6.09. The third-order valence-corrected chi connectivity index (χ3v) is 4.90. The monoisotopic (exact) mass is 305 g/mol. The van der Waals surface area contributed by atoms with E-state index in [-0.39, 0.29) is 5.91 Å². The van der Waals surface area contributed by atoms with E-state index in [2.05, 4.69) is 24.1 Å². The van der Waals surface area contributed by atoms with Crippen molar-refractivity contribution in [3.05, 3.63) is 59.3 Å². The summed E-state index contributed by atoms with van der Waals surface area (Å²) in [6.07, 6.45) is 2.64. The third kappa shape index (κ3) is 2.22. The fraction of sp³-hybridized carbons (Fsp3) is 0.263. The van der Waals surface area contributed by atoms with Gasteiger partial charge in [-0.3, -0.25) is 4.79 Å². The summed E-state index contributed by atoms with van der Waals surface area (Å²) in [5, 5.41) is 3.36. The Morgan fingerprint density at radius 1 is 1.26 bits per heavy atom. The Kier molecular flexibility index (Phi) is 3.18. The second kappa shape index (κ2) is 5.23. The van der Waals surface area contributed by atoms with Crippen molar-refractivity contribution in [2.24, 2.45) is 5.92 Å². The Morgan fingerprint density at radius 3 is 2.87 bits per heavy atom. The van der Waals surface area contributed by atoms with Crippen LogP contribution in [-0.2, 0) is 11.3 Å². The quantitative estimate of drug-likeness (QED) is 0.865. The van der Waals surface area contributed by atoms with Gasteiger partial charge in [-0.15, -0.1) is 0 Å². The molecule has 1 N–H and O–H groups in total. The zero-order valence-electron chi connectivity index (χ0n) is 13.3. The number of benzene rings is 1. The lowest BCUT2D eigenvalue weighted by molar-refractivity contribution is -0.115. The minimum Gasteiger partial charge on any atom is -0.338 e. The molecular formula is C19H19N3O. The summed E-state index contributed by atoms with van der Waals surface area (Å²) in [4.78, 5) is 19.4. The summed E-state index contributed by atoms with van der Waals surface area (Å²) in [6, 6.07) is 11.8. The van der Waals surface area contributed by atoms with Gasteiger partial charge in [-0.2, -0.15) is 0 Å². The molecule has 0 saturated heterocycles. The van der Waals surface area contributed by atoms with Crippen LogP contribution in [0, 0.1) is 5.92 Å². The molecule has 1 aliphatic heterocycles. The Hall–Kier alpha value is -2.62. The van der Waals surface area contributed by atoms with Gasteiger partial charge < -0.3 is 10.2 Å². The first-order valence-corrected chi connectivity index (χ1v) is 7.96. The summed E-state index contributed by atoms with van der Waals surface area (Å²) in [6.45, 7) is 4.78. The van der Waals surface area contributed by atoms with E-state index in [1.54, 1.807) is 6.20 Å². The van der Waals surface area contributed by atoms with Crippen LogP contribution in [0.5, 0.6) is 0 Å². The van der Waals surface area contributed by atoms with E-state index in [9.17, 15) is 4.79 Å². The van der Waals surface area contributed by atoms with Gasteiger partial charge in [0.2, 0.25) is 0 Å². The Balaban J connectivity index is 1.81. The van der Waals surface area contributed by atoms with Crippen molar-refractivity contribution in [1.29, 1.82) is 0 Å². The maximum Gasteiger partial charge on any atom is 0.254 e. The number of fused-ring (bicyclic) bond motifs is 2. The molecule has 2 heterocycles. The molecule has 0 spiro atoms. The molecule has 0 fully saturated rings. The van der Waals surface area contributed by atoms with Gasteiger partial charge >= 0.3 is 0 Å². The molecular weight excluding hydrogens is 286 g/mol. The van der Waals surface area contributed by atoms with Crippen LogP contribution < -0.4 is 10.2 Å². The molecule has 4 rings (SSSR count). The summed E-state index contributed by atoms with van der Waals surface area (Å²) < 4.78 is 0.